The zero-order valence-electron chi connectivity index (χ0n) is 16.7. The van der Waals surface area contributed by atoms with E-state index in [1.54, 1.807) is 0 Å². The van der Waals surface area contributed by atoms with Crippen molar-refractivity contribution in [2.75, 3.05) is 6.61 Å². The molecule has 0 saturated heterocycles. The van der Waals surface area contributed by atoms with Gasteiger partial charge in [0.15, 0.2) is 0 Å². The van der Waals surface area contributed by atoms with Crippen molar-refractivity contribution in [2.24, 2.45) is 23.7 Å². The molecule has 154 valence electrons. The van der Waals surface area contributed by atoms with Gasteiger partial charge in [0, 0.05) is 24.9 Å². The maximum absolute atomic E-state index is 12.3. The number of carbonyl (C=O) groups excluding carboxylic acids is 1. The summed E-state index contributed by atoms with van der Waals surface area (Å²) in [5, 5.41) is 30.1. The molecule has 0 radical (unpaired) electrons. The van der Waals surface area contributed by atoms with Crippen molar-refractivity contribution in [2.45, 2.75) is 95.2 Å². The number of aliphatic hydroxyl groups is 3. The number of fused-ring (bicyclic) bond motifs is 1. The van der Waals surface area contributed by atoms with Crippen LogP contribution in [0.2, 0.25) is 0 Å². The van der Waals surface area contributed by atoms with Gasteiger partial charge in [0.05, 0.1) is 11.7 Å². The van der Waals surface area contributed by atoms with Gasteiger partial charge in [-0.15, -0.1) is 0 Å². The second-order valence-corrected chi connectivity index (χ2v) is 9.29. The number of aliphatic hydroxyl groups excluding tert-OH is 2. The summed E-state index contributed by atoms with van der Waals surface area (Å²) in [4.78, 5) is 12.3. The Morgan fingerprint density at radius 3 is 2.59 bits per heavy atom. The van der Waals surface area contributed by atoms with Crippen LogP contribution in [-0.2, 0) is 4.79 Å². The number of Topliss-reactive ketones (excluding diaryl/α,β-unsaturated/α-hetero) is 1. The van der Waals surface area contributed by atoms with Gasteiger partial charge in [-0.05, 0) is 50.4 Å². The van der Waals surface area contributed by atoms with Crippen LogP contribution >= 0.6 is 0 Å². The van der Waals surface area contributed by atoms with Crippen molar-refractivity contribution >= 4 is 5.78 Å². The van der Waals surface area contributed by atoms with Gasteiger partial charge in [-0.2, -0.15) is 0 Å². The lowest BCUT2D eigenvalue weighted by molar-refractivity contribution is -0.151. The highest BCUT2D eigenvalue weighted by Crippen LogP contribution is 2.53. The third-order valence-electron chi connectivity index (χ3n) is 7.45. The Bertz CT molecular complexity index is 517. The molecule has 3 aliphatic rings. The Labute approximate surface area is 164 Å². The molecular formula is C23H38O4. The highest BCUT2D eigenvalue weighted by molar-refractivity contribution is 5.84. The highest BCUT2D eigenvalue weighted by atomic mass is 16.3. The van der Waals surface area contributed by atoms with Crippen molar-refractivity contribution in [3.8, 4) is 0 Å². The molecule has 0 aromatic carbocycles. The molecule has 3 N–H and O–H groups in total. The summed E-state index contributed by atoms with van der Waals surface area (Å²) in [6.07, 6.45) is 16.3. The number of rotatable bonds is 10. The molecule has 0 heterocycles. The van der Waals surface area contributed by atoms with Crippen molar-refractivity contribution in [1.29, 1.82) is 0 Å². The van der Waals surface area contributed by atoms with E-state index in [4.69, 9.17) is 5.11 Å². The van der Waals surface area contributed by atoms with Crippen LogP contribution in [0.5, 0.6) is 0 Å². The first-order valence-electron chi connectivity index (χ1n) is 11.3. The lowest BCUT2D eigenvalue weighted by atomic mass is 9.55. The summed E-state index contributed by atoms with van der Waals surface area (Å²) >= 11 is 0. The van der Waals surface area contributed by atoms with Gasteiger partial charge < -0.3 is 15.3 Å². The van der Waals surface area contributed by atoms with Gasteiger partial charge in [0.25, 0.3) is 0 Å². The van der Waals surface area contributed by atoms with E-state index in [-0.39, 0.29) is 30.6 Å². The Kier molecular flexibility index (Phi) is 7.52. The quantitative estimate of drug-likeness (QED) is 0.399. The van der Waals surface area contributed by atoms with Crippen LogP contribution in [-0.4, -0.2) is 39.4 Å². The van der Waals surface area contributed by atoms with Gasteiger partial charge in [0.2, 0.25) is 0 Å². The first kappa shape index (κ1) is 21.0. The Hall–Kier alpha value is -0.710. The molecule has 0 amide bonds. The van der Waals surface area contributed by atoms with E-state index in [0.29, 0.717) is 12.3 Å². The summed E-state index contributed by atoms with van der Waals surface area (Å²) in [7, 11) is 0. The maximum atomic E-state index is 12.3. The monoisotopic (exact) mass is 378 g/mol. The Morgan fingerprint density at radius 1 is 1.07 bits per heavy atom. The normalized spacial score (nSPS) is 38.9. The van der Waals surface area contributed by atoms with Crippen molar-refractivity contribution in [1.82, 2.24) is 0 Å². The van der Waals surface area contributed by atoms with Crippen LogP contribution in [0.15, 0.2) is 12.2 Å². The predicted molar refractivity (Wildman–Crippen MR) is 106 cm³/mol. The fraction of sp³-hybridized carbons (Fsp3) is 0.870. The molecule has 3 fully saturated rings. The number of carbonyl (C=O) groups is 1. The first-order valence-corrected chi connectivity index (χ1v) is 11.3. The number of hydrogen-bond acceptors (Lipinski definition) is 4. The molecule has 6 atom stereocenters. The largest absolute Gasteiger partial charge is 0.396 e. The van der Waals surface area contributed by atoms with E-state index in [0.717, 1.165) is 57.3 Å². The van der Waals surface area contributed by atoms with Gasteiger partial charge in [-0.1, -0.05) is 50.7 Å². The summed E-state index contributed by atoms with van der Waals surface area (Å²) in [6.45, 7) is 0.258. The van der Waals surface area contributed by atoms with Crippen molar-refractivity contribution < 1.29 is 20.1 Å². The summed E-state index contributed by atoms with van der Waals surface area (Å²) in [6, 6.07) is 0. The molecule has 0 spiro atoms. The molecule has 4 heteroatoms. The first-order chi connectivity index (χ1) is 13.0. The average molecular weight is 379 g/mol. The highest BCUT2D eigenvalue weighted by Gasteiger charge is 2.52. The van der Waals surface area contributed by atoms with Crippen LogP contribution in [0.25, 0.3) is 0 Å². The van der Waals surface area contributed by atoms with Crippen LogP contribution < -0.4 is 0 Å². The van der Waals surface area contributed by atoms with E-state index in [1.165, 1.54) is 19.3 Å². The Balaban J connectivity index is 1.46. The molecule has 0 aliphatic heterocycles. The standard InChI is InChI=1S/C23H38O4/c24-14-7-3-1-2-4-10-18-19(22(26)15-21(18)25)11-8-13-23(27)16-17-9-5-6-12-20(17)23/h8,11,17-20,22,24,26-27H,1-7,9-10,12-16H2/t17?,18-,19-,20?,22-,23?/m1/s1. The molecule has 0 bridgehead atoms. The van der Waals surface area contributed by atoms with E-state index in [2.05, 4.69) is 0 Å². The third-order valence-corrected chi connectivity index (χ3v) is 7.45. The second-order valence-electron chi connectivity index (χ2n) is 9.29. The minimum atomic E-state index is -0.563. The molecule has 4 nitrogen and oxygen atoms in total. The van der Waals surface area contributed by atoms with E-state index in [1.807, 2.05) is 12.2 Å². The lowest BCUT2D eigenvalue weighted by Gasteiger charge is -2.54. The molecular weight excluding hydrogens is 340 g/mol. The van der Waals surface area contributed by atoms with Crippen LogP contribution in [0.4, 0.5) is 0 Å². The van der Waals surface area contributed by atoms with E-state index in [9.17, 15) is 15.0 Å². The lowest BCUT2D eigenvalue weighted by Crippen LogP contribution is -2.54. The third kappa shape index (κ3) is 5.02. The molecule has 3 rings (SSSR count). The second kappa shape index (κ2) is 9.67. The van der Waals surface area contributed by atoms with Gasteiger partial charge >= 0.3 is 0 Å². The molecule has 3 unspecified atom stereocenters. The van der Waals surface area contributed by atoms with Crippen molar-refractivity contribution in [3.05, 3.63) is 12.2 Å². The smallest absolute Gasteiger partial charge is 0.139 e. The molecule has 3 aliphatic carbocycles. The Morgan fingerprint density at radius 2 is 1.81 bits per heavy atom. The predicted octanol–water partition coefficient (Wildman–Crippen LogP) is 3.77. The SMILES string of the molecule is O=C1C[C@@H](O)[C@H](C=CCC2(O)CC3CCCCC32)[C@H]1CCCCCCCO. The van der Waals surface area contributed by atoms with Crippen LogP contribution in [0.1, 0.15) is 83.5 Å². The average Bonchev–Trinajstić information content (AvgIpc) is 2.90. The van der Waals surface area contributed by atoms with Gasteiger partial charge in [-0.25, -0.2) is 0 Å². The number of unbranched alkanes of at least 4 members (excludes halogenated alkanes) is 4. The van der Waals surface area contributed by atoms with Crippen molar-refractivity contribution in [3.63, 3.8) is 0 Å². The molecule has 0 aromatic heterocycles. The summed E-state index contributed by atoms with van der Waals surface area (Å²) in [5.41, 5.74) is -0.544. The fourth-order valence-corrected chi connectivity index (χ4v) is 5.87. The van der Waals surface area contributed by atoms with E-state index >= 15 is 0 Å². The zero-order chi connectivity index (χ0) is 19.3. The minimum absolute atomic E-state index is 0.0624. The minimum Gasteiger partial charge on any atom is -0.396 e. The summed E-state index contributed by atoms with van der Waals surface area (Å²) in [5.74, 6) is 1.23. The zero-order valence-corrected chi connectivity index (χ0v) is 16.7. The van der Waals surface area contributed by atoms with Crippen LogP contribution in [0.3, 0.4) is 0 Å². The number of hydrogen-bond donors (Lipinski definition) is 3. The maximum Gasteiger partial charge on any atom is 0.139 e. The number of ketones is 1. The molecule has 27 heavy (non-hydrogen) atoms. The fourth-order valence-electron chi connectivity index (χ4n) is 5.87. The van der Waals surface area contributed by atoms with Gasteiger partial charge in [-0.3, -0.25) is 4.79 Å². The van der Waals surface area contributed by atoms with E-state index < -0.39 is 11.7 Å². The van der Waals surface area contributed by atoms with Gasteiger partial charge in [0.1, 0.15) is 5.78 Å². The molecule has 3 saturated carbocycles. The van der Waals surface area contributed by atoms with Crippen LogP contribution in [0, 0.1) is 23.7 Å². The summed E-state index contributed by atoms with van der Waals surface area (Å²) < 4.78 is 0. The molecule has 0 aromatic rings. The topological polar surface area (TPSA) is 77.8 Å².